The third-order valence-electron chi connectivity index (χ3n) is 5.62. The molecule has 0 radical (unpaired) electrons. The van der Waals surface area contributed by atoms with Crippen LogP contribution >= 0.6 is 0 Å². The Balaban J connectivity index is 1.68. The molecule has 4 aromatic rings. The van der Waals surface area contributed by atoms with Gasteiger partial charge in [0.05, 0.1) is 21.7 Å². The van der Waals surface area contributed by atoms with Crippen molar-refractivity contribution in [2.24, 2.45) is 7.05 Å². The average Bonchev–Trinajstić information content (AvgIpc) is 3.10. The Morgan fingerprint density at radius 2 is 1.61 bits per heavy atom. The molecule has 0 bridgehead atoms. The maximum absolute atomic E-state index is 13.3. The van der Waals surface area contributed by atoms with Gasteiger partial charge >= 0.3 is 5.97 Å². The van der Waals surface area contributed by atoms with E-state index >= 15 is 0 Å². The molecule has 0 amide bonds. The zero-order valence-electron chi connectivity index (χ0n) is 18.5. The number of fused-ring (bicyclic) bond motifs is 1. The Hall–Kier alpha value is -3.71. The topological polar surface area (TPSA) is 82.4 Å². The van der Waals surface area contributed by atoms with Crippen molar-refractivity contribution in [3.63, 3.8) is 0 Å². The van der Waals surface area contributed by atoms with Crippen LogP contribution in [-0.4, -0.2) is 37.6 Å². The average molecular weight is 462 g/mol. The van der Waals surface area contributed by atoms with Gasteiger partial charge in [-0.2, -0.15) is 0 Å². The number of carbonyl (C=O) groups is 2. The molecule has 0 aliphatic heterocycles. The molecule has 0 atom stereocenters. The number of para-hydroxylation sites is 1. The summed E-state index contributed by atoms with van der Waals surface area (Å²) in [4.78, 5) is 26.1. The molecule has 1 heterocycles. The summed E-state index contributed by atoms with van der Waals surface area (Å²) in [6.07, 6.45) is 1.07. The van der Waals surface area contributed by atoms with Gasteiger partial charge in [0.2, 0.25) is 5.78 Å². The van der Waals surface area contributed by atoms with Crippen molar-refractivity contribution in [3.05, 3.63) is 89.5 Å². The molecule has 0 spiro atoms. The van der Waals surface area contributed by atoms with Crippen molar-refractivity contribution < 1.29 is 22.7 Å². The van der Waals surface area contributed by atoms with E-state index in [1.807, 2.05) is 66.2 Å². The first-order valence-corrected chi connectivity index (χ1v) is 12.2. The predicted molar refractivity (Wildman–Crippen MR) is 127 cm³/mol. The lowest BCUT2D eigenvalue weighted by atomic mass is 10.0. The number of esters is 1. The van der Waals surface area contributed by atoms with E-state index in [9.17, 15) is 18.0 Å². The molecule has 3 aromatic carbocycles. The fourth-order valence-corrected chi connectivity index (χ4v) is 4.59. The second-order valence-electron chi connectivity index (χ2n) is 7.91. The maximum atomic E-state index is 13.3. The molecule has 0 saturated heterocycles. The second kappa shape index (κ2) is 8.67. The molecule has 0 N–H and O–H groups in total. The lowest BCUT2D eigenvalue weighted by molar-refractivity contribution is 0.0474. The van der Waals surface area contributed by atoms with Gasteiger partial charge in [0, 0.05) is 24.2 Å². The highest BCUT2D eigenvalue weighted by atomic mass is 32.2. The van der Waals surface area contributed by atoms with Gasteiger partial charge in [-0.25, -0.2) is 13.2 Å². The molecule has 0 unspecified atom stereocenters. The minimum Gasteiger partial charge on any atom is -0.454 e. The Morgan fingerprint density at radius 1 is 0.939 bits per heavy atom. The van der Waals surface area contributed by atoms with E-state index in [1.165, 1.54) is 12.1 Å². The van der Waals surface area contributed by atoms with Crippen molar-refractivity contribution >= 4 is 32.5 Å². The molecule has 4 rings (SSSR count). The molecule has 6 nitrogen and oxygen atoms in total. The Bertz CT molecular complexity index is 1480. The van der Waals surface area contributed by atoms with E-state index in [0.29, 0.717) is 11.1 Å². The summed E-state index contributed by atoms with van der Waals surface area (Å²) in [6, 6.07) is 21.4. The summed E-state index contributed by atoms with van der Waals surface area (Å²) in [5, 5.41) is 0.773. The maximum Gasteiger partial charge on any atom is 0.338 e. The molecule has 0 aliphatic carbocycles. The first kappa shape index (κ1) is 22.5. The van der Waals surface area contributed by atoms with Crippen molar-refractivity contribution in [1.29, 1.82) is 0 Å². The molecular weight excluding hydrogens is 438 g/mol. The van der Waals surface area contributed by atoms with Crippen LogP contribution in [0.2, 0.25) is 0 Å². The van der Waals surface area contributed by atoms with Gasteiger partial charge in [-0.3, -0.25) is 4.79 Å². The van der Waals surface area contributed by atoms with Crippen LogP contribution in [0.25, 0.3) is 22.2 Å². The van der Waals surface area contributed by atoms with Crippen molar-refractivity contribution in [3.8, 4) is 11.3 Å². The van der Waals surface area contributed by atoms with Crippen molar-refractivity contribution in [2.75, 3.05) is 12.9 Å². The summed E-state index contributed by atoms with van der Waals surface area (Å²) < 4.78 is 31.0. The zero-order chi connectivity index (χ0) is 23.8. The highest BCUT2D eigenvalue weighted by Crippen LogP contribution is 2.33. The highest BCUT2D eigenvalue weighted by Gasteiger charge is 2.24. The fourth-order valence-electron chi connectivity index (χ4n) is 3.94. The number of ketones is 1. The number of rotatable bonds is 6. The summed E-state index contributed by atoms with van der Waals surface area (Å²) >= 11 is 0. The number of nitrogens with zero attached hydrogens (tertiary/aromatic N) is 1. The number of Topliss-reactive ketones (excluding diaryl/α,β-unsaturated/α-hetero) is 1. The number of hydrogen-bond donors (Lipinski definition) is 0. The van der Waals surface area contributed by atoms with E-state index in [1.54, 1.807) is 13.0 Å². The van der Waals surface area contributed by atoms with Gasteiger partial charge < -0.3 is 9.30 Å². The number of aryl methyl sites for hydroxylation is 2. The van der Waals surface area contributed by atoms with Crippen molar-refractivity contribution in [1.82, 2.24) is 4.57 Å². The predicted octanol–water partition coefficient (Wildman–Crippen LogP) is 4.60. The highest BCUT2D eigenvalue weighted by molar-refractivity contribution is 7.90. The van der Waals surface area contributed by atoms with Crippen LogP contribution in [0.3, 0.4) is 0 Å². The van der Waals surface area contributed by atoms with Gasteiger partial charge in [-0.15, -0.1) is 0 Å². The fraction of sp³-hybridized carbons (Fsp3) is 0.154. The molecule has 33 heavy (non-hydrogen) atoms. The first-order valence-electron chi connectivity index (χ1n) is 10.3. The van der Waals surface area contributed by atoms with Gasteiger partial charge in [-0.1, -0.05) is 54.6 Å². The number of sulfone groups is 1. The normalized spacial score (nSPS) is 11.5. The van der Waals surface area contributed by atoms with E-state index in [4.69, 9.17) is 4.74 Å². The molecule has 7 heteroatoms. The molecular formula is C26H23NO5S. The largest absolute Gasteiger partial charge is 0.454 e. The molecule has 1 aromatic heterocycles. The zero-order valence-corrected chi connectivity index (χ0v) is 19.3. The van der Waals surface area contributed by atoms with Gasteiger partial charge in [0.15, 0.2) is 16.4 Å². The van der Waals surface area contributed by atoms with Crippen molar-refractivity contribution in [2.45, 2.75) is 11.8 Å². The smallest absolute Gasteiger partial charge is 0.338 e. The number of ether oxygens (including phenoxy) is 1. The second-order valence-corrected chi connectivity index (χ2v) is 9.93. The Labute approximate surface area is 192 Å². The summed E-state index contributed by atoms with van der Waals surface area (Å²) in [5.41, 5.74) is 3.68. The van der Waals surface area contributed by atoms with Crippen LogP contribution in [0.5, 0.6) is 0 Å². The van der Waals surface area contributed by atoms with Crippen LogP contribution in [0.15, 0.2) is 77.7 Å². The monoisotopic (exact) mass is 461 g/mol. The lowest BCUT2D eigenvalue weighted by Gasteiger charge is -2.10. The van der Waals surface area contributed by atoms with Crippen LogP contribution in [0.1, 0.15) is 26.3 Å². The Morgan fingerprint density at radius 3 is 2.30 bits per heavy atom. The quantitative estimate of drug-likeness (QED) is 0.310. The van der Waals surface area contributed by atoms with E-state index in [-0.39, 0.29) is 16.2 Å². The molecule has 168 valence electrons. The number of aromatic nitrogens is 1. The van der Waals surface area contributed by atoms with Crippen LogP contribution in [-0.2, 0) is 21.6 Å². The summed E-state index contributed by atoms with van der Waals surface area (Å²) in [5.74, 6) is -1.08. The summed E-state index contributed by atoms with van der Waals surface area (Å²) in [6.45, 7) is 1.22. The molecule has 0 aliphatic rings. The Kier molecular flexibility index (Phi) is 5.91. The number of benzene rings is 3. The standard InChI is InChI=1S/C26H23NO5S/c1-17-13-14-19(33(3,30)31)15-21(17)26(29)32-16-23(28)24-20-11-7-8-12-22(20)27(2)25(24)18-9-5-4-6-10-18/h4-15H,16H2,1-3H3. The number of hydrogen-bond acceptors (Lipinski definition) is 5. The first-order chi connectivity index (χ1) is 15.7. The van der Waals surface area contributed by atoms with E-state index in [2.05, 4.69) is 0 Å². The minimum absolute atomic E-state index is 0.0202. The number of carbonyl (C=O) groups excluding carboxylic acids is 2. The van der Waals surface area contributed by atoms with Gasteiger partial charge in [-0.05, 0) is 36.2 Å². The summed E-state index contributed by atoms with van der Waals surface area (Å²) in [7, 11) is -1.59. The van der Waals surface area contributed by atoms with Gasteiger partial charge in [0.1, 0.15) is 0 Å². The molecule has 0 saturated carbocycles. The third-order valence-corrected chi connectivity index (χ3v) is 6.73. The van der Waals surface area contributed by atoms with E-state index in [0.717, 1.165) is 28.4 Å². The SMILES string of the molecule is Cc1ccc(S(C)(=O)=O)cc1C(=O)OCC(=O)c1c(-c2ccccc2)n(C)c2ccccc12. The van der Waals surface area contributed by atoms with Gasteiger partial charge in [0.25, 0.3) is 0 Å². The van der Waals surface area contributed by atoms with E-state index < -0.39 is 22.4 Å². The lowest BCUT2D eigenvalue weighted by Crippen LogP contribution is -2.16. The minimum atomic E-state index is -3.49. The third kappa shape index (κ3) is 4.32. The van der Waals surface area contributed by atoms with Crippen LogP contribution < -0.4 is 0 Å². The molecule has 0 fully saturated rings. The van der Waals surface area contributed by atoms with Crippen LogP contribution in [0, 0.1) is 6.92 Å². The van der Waals surface area contributed by atoms with Crippen LogP contribution in [0.4, 0.5) is 0 Å².